The van der Waals surface area contributed by atoms with E-state index in [-0.39, 0.29) is 20.3 Å². The normalized spacial score (nSPS) is 17.3. The van der Waals surface area contributed by atoms with Crippen molar-refractivity contribution in [3.63, 3.8) is 0 Å². The third-order valence-corrected chi connectivity index (χ3v) is 12.0. The van der Waals surface area contributed by atoms with E-state index in [0.29, 0.717) is 11.8 Å². The standard InChI is InChI=1S/C42H48Si.2ClH.Zr/c1-27-23-37-33(29-15-19-31(20-16-29)41(3,4)5)11-9-13-35(37)39(27)25-43-26-40-28(2)24-38-34(12-10-14-36(38)40)30-17-21-32(22-18-30)42(6,7)8;;;/h9-24,39-40H,25-26,43H2,1-8H3;2*1H;/q;;;+2/p-2. The van der Waals surface area contributed by atoms with Crippen LogP contribution < -0.4 is 0 Å². The van der Waals surface area contributed by atoms with Crippen LogP contribution in [0.1, 0.15) is 101 Å². The number of benzene rings is 4. The molecule has 0 radical (unpaired) electrons. The summed E-state index contributed by atoms with van der Waals surface area (Å²) in [5.74, 6) is 1.15. The predicted molar refractivity (Wildman–Crippen MR) is 204 cm³/mol. The summed E-state index contributed by atoms with van der Waals surface area (Å²) in [6.45, 7) is 18.4. The Morgan fingerprint density at radius 3 is 1.24 bits per heavy atom. The fourth-order valence-corrected chi connectivity index (χ4v) is 9.92. The van der Waals surface area contributed by atoms with Gasteiger partial charge in [-0.2, -0.15) is 0 Å². The second-order valence-corrected chi connectivity index (χ2v) is 20.7. The molecule has 0 heterocycles. The second-order valence-electron chi connectivity index (χ2n) is 15.2. The van der Waals surface area contributed by atoms with Gasteiger partial charge in [-0.15, -0.1) is 0 Å². The summed E-state index contributed by atoms with van der Waals surface area (Å²) in [7, 11) is 9.60. The van der Waals surface area contributed by atoms with Crippen LogP contribution in [0.2, 0.25) is 12.1 Å². The summed E-state index contributed by atoms with van der Waals surface area (Å²) in [5.41, 5.74) is 17.6. The van der Waals surface area contributed by atoms with E-state index < -0.39 is 20.8 Å². The van der Waals surface area contributed by atoms with Crippen LogP contribution in [0.25, 0.3) is 34.4 Å². The first-order chi connectivity index (χ1) is 21.8. The molecule has 4 aromatic rings. The van der Waals surface area contributed by atoms with Gasteiger partial charge in [0.15, 0.2) is 0 Å². The van der Waals surface area contributed by atoms with Crippen LogP contribution in [0.5, 0.6) is 0 Å². The van der Waals surface area contributed by atoms with Gasteiger partial charge in [0.2, 0.25) is 0 Å². The van der Waals surface area contributed by atoms with E-state index in [0.717, 1.165) is 0 Å². The molecule has 2 atom stereocenters. The molecule has 2 aliphatic rings. The zero-order valence-corrected chi connectivity index (χ0v) is 34.2. The van der Waals surface area contributed by atoms with Crippen molar-refractivity contribution in [3.05, 3.63) is 129 Å². The van der Waals surface area contributed by atoms with Crippen molar-refractivity contribution in [2.75, 3.05) is 0 Å². The molecule has 0 fully saturated rings. The molecule has 0 spiro atoms. The first-order valence-electron chi connectivity index (χ1n) is 16.6. The van der Waals surface area contributed by atoms with Crippen molar-refractivity contribution in [3.8, 4) is 22.3 Å². The van der Waals surface area contributed by atoms with E-state index in [9.17, 15) is 0 Å². The molecule has 46 heavy (non-hydrogen) atoms. The molecule has 0 aliphatic heterocycles. The summed E-state index contributed by atoms with van der Waals surface area (Å²) in [5, 5.41) is 0. The molecule has 0 nitrogen and oxygen atoms in total. The Bertz CT molecular complexity index is 1610. The number of hydrogen-bond donors (Lipinski definition) is 0. The maximum atomic E-state index is 4.93. The van der Waals surface area contributed by atoms with E-state index in [4.69, 9.17) is 17.0 Å². The van der Waals surface area contributed by atoms with Crippen molar-refractivity contribution < 1.29 is 20.8 Å². The fraction of sp³-hybridized carbons (Fsp3) is 0.333. The van der Waals surface area contributed by atoms with E-state index >= 15 is 0 Å². The molecule has 4 heteroatoms. The van der Waals surface area contributed by atoms with Crippen LogP contribution in [0.15, 0.2) is 96.1 Å². The van der Waals surface area contributed by atoms with E-state index in [1.807, 2.05) is 0 Å². The van der Waals surface area contributed by atoms with Gasteiger partial charge in [0, 0.05) is 21.4 Å². The van der Waals surface area contributed by atoms with E-state index in [2.05, 4.69) is 152 Å². The Hall–Kier alpha value is -1.96. The molecule has 2 aliphatic carbocycles. The van der Waals surface area contributed by atoms with Crippen molar-refractivity contribution in [1.82, 2.24) is 0 Å². The zero-order chi connectivity index (χ0) is 33.2. The summed E-state index contributed by atoms with van der Waals surface area (Å²) < 4.78 is 0. The van der Waals surface area contributed by atoms with Crippen LogP contribution in [0, 0.1) is 0 Å². The molecule has 0 bridgehead atoms. The van der Waals surface area contributed by atoms with E-state index in [1.165, 1.54) is 56.6 Å². The fourth-order valence-electron chi connectivity index (χ4n) is 7.34. The third kappa shape index (κ3) is 7.68. The Balaban J connectivity index is 0.00000134. The molecule has 0 saturated heterocycles. The summed E-state index contributed by atoms with van der Waals surface area (Å²) >= 11 is -0.826. The molecular weight excluding hydrogens is 695 g/mol. The predicted octanol–water partition coefficient (Wildman–Crippen LogP) is 12.7. The van der Waals surface area contributed by atoms with Crippen LogP contribution in [-0.4, -0.2) is 9.52 Å². The van der Waals surface area contributed by atoms with Gasteiger partial charge < -0.3 is 0 Å². The van der Waals surface area contributed by atoms with E-state index in [1.54, 1.807) is 22.3 Å². The average molecular weight is 743 g/mol. The number of allylic oxidation sites excluding steroid dienone is 2. The Morgan fingerprint density at radius 1 is 0.565 bits per heavy atom. The SMILES string of the molecule is CC1=Cc2c(-c3ccc(C(C)(C)C)cc3)cccc2C1C[SiH2]CC1C(C)=Cc2c(-c3ccc(C(C)(C)C)cc3)cccc21.[Cl][Zr][Cl]. The molecule has 0 amide bonds. The van der Waals surface area contributed by atoms with Gasteiger partial charge in [0.25, 0.3) is 0 Å². The molecule has 0 saturated carbocycles. The Morgan fingerprint density at radius 2 is 0.913 bits per heavy atom. The first kappa shape index (κ1) is 35.3. The van der Waals surface area contributed by atoms with Gasteiger partial charge in [-0.05, 0) is 80.3 Å². The molecule has 2 unspecified atom stereocenters. The summed E-state index contributed by atoms with van der Waals surface area (Å²) in [4.78, 5) is 0. The van der Waals surface area contributed by atoms with Crippen LogP contribution in [0.3, 0.4) is 0 Å². The molecule has 0 aromatic heterocycles. The monoisotopic (exact) mass is 740 g/mol. The summed E-state index contributed by atoms with van der Waals surface area (Å²) in [6.07, 6.45) is 4.96. The molecule has 6 rings (SSSR count). The number of rotatable bonds is 6. The van der Waals surface area contributed by atoms with Gasteiger partial charge in [0.1, 0.15) is 0 Å². The van der Waals surface area contributed by atoms with Gasteiger partial charge in [-0.1, -0.05) is 162 Å². The number of halogens is 2. The van der Waals surface area contributed by atoms with Crippen molar-refractivity contribution in [2.45, 2.75) is 90.1 Å². The van der Waals surface area contributed by atoms with Crippen LogP contribution in [-0.2, 0) is 31.7 Å². The molecule has 238 valence electrons. The molecular formula is C42H48Cl2SiZr. The van der Waals surface area contributed by atoms with Gasteiger partial charge in [-0.25, -0.2) is 0 Å². The minimum absolute atomic E-state index is 0.177. The second kappa shape index (κ2) is 14.7. The first-order valence-corrected chi connectivity index (χ1v) is 25.0. The Labute approximate surface area is 299 Å². The zero-order valence-electron chi connectivity index (χ0n) is 28.8. The topological polar surface area (TPSA) is 0 Å². The minimum atomic E-state index is -0.826. The van der Waals surface area contributed by atoms with Crippen molar-refractivity contribution in [2.24, 2.45) is 0 Å². The number of fused-ring (bicyclic) bond motifs is 2. The van der Waals surface area contributed by atoms with Crippen LogP contribution in [0.4, 0.5) is 0 Å². The van der Waals surface area contributed by atoms with Crippen molar-refractivity contribution in [1.29, 1.82) is 0 Å². The van der Waals surface area contributed by atoms with Crippen LogP contribution >= 0.6 is 17.0 Å². The van der Waals surface area contributed by atoms with Gasteiger partial charge in [-0.3, -0.25) is 0 Å². The quantitative estimate of drug-likeness (QED) is 0.173. The van der Waals surface area contributed by atoms with Gasteiger partial charge >= 0.3 is 37.9 Å². The average Bonchev–Trinajstić information content (AvgIpc) is 3.51. The van der Waals surface area contributed by atoms with Crippen molar-refractivity contribution >= 4 is 38.7 Å². The van der Waals surface area contributed by atoms with Gasteiger partial charge in [0.05, 0.1) is 0 Å². The molecule has 4 aromatic carbocycles. The third-order valence-electron chi connectivity index (χ3n) is 9.98. The number of hydrogen-bond acceptors (Lipinski definition) is 0. The Kier molecular flexibility index (Phi) is 11.3. The maximum absolute atomic E-state index is 4.93. The summed E-state index contributed by atoms with van der Waals surface area (Å²) in [6, 6.07) is 35.2. The molecule has 0 N–H and O–H groups in total.